The predicted octanol–water partition coefficient (Wildman–Crippen LogP) is 0.959. The fourth-order valence-electron chi connectivity index (χ4n) is 1.67. The van der Waals surface area contributed by atoms with Crippen LogP contribution in [0.15, 0.2) is 12.3 Å². The van der Waals surface area contributed by atoms with Gasteiger partial charge >= 0.3 is 0 Å². The maximum Gasteiger partial charge on any atom is 0.225 e. The van der Waals surface area contributed by atoms with Gasteiger partial charge in [0.2, 0.25) is 21.9 Å². The second kappa shape index (κ2) is 8.01. The number of nitrogens with one attached hydrogen (secondary N) is 1. The Hall–Kier alpha value is -1.41. The summed E-state index contributed by atoms with van der Waals surface area (Å²) in [5, 5.41) is 3.05. The number of anilines is 1. The molecule has 0 atom stereocenters. The topological polar surface area (TPSA) is 84.4 Å². The van der Waals surface area contributed by atoms with E-state index in [1.807, 2.05) is 13.8 Å². The molecular weight excluding hydrogens is 280 g/mol. The van der Waals surface area contributed by atoms with Gasteiger partial charge in [-0.25, -0.2) is 17.7 Å². The number of ether oxygens (including phenoxy) is 1. The van der Waals surface area contributed by atoms with Crippen LogP contribution in [0.5, 0.6) is 5.88 Å². The average Bonchev–Trinajstić information content (AvgIpc) is 2.38. The summed E-state index contributed by atoms with van der Waals surface area (Å²) in [7, 11) is -3.12. The van der Waals surface area contributed by atoms with Gasteiger partial charge in [-0.05, 0) is 13.3 Å². The highest BCUT2D eigenvalue weighted by atomic mass is 32.2. The van der Waals surface area contributed by atoms with E-state index in [0.29, 0.717) is 44.5 Å². The molecule has 0 saturated heterocycles. The summed E-state index contributed by atoms with van der Waals surface area (Å²) in [6.07, 6.45) is 3.52. The molecule has 0 unspecified atom stereocenters. The first kappa shape index (κ1) is 16.6. The third kappa shape index (κ3) is 5.70. The third-order valence-corrected chi connectivity index (χ3v) is 3.99. The lowest BCUT2D eigenvalue weighted by Crippen LogP contribution is -2.31. The molecule has 8 heteroatoms. The van der Waals surface area contributed by atoms with Crippen molar-refractivity contribution in [1.82, 2.24) is 14.3 Å². The summed E-state index contributed by atoms with van der Waals surface area (Å²) < 4.78 is 29.5. The van der Waals surface area contributed by atoms with Crippen LogP contribution in [0.2, 0.25) is 0 Å². The van der Waals surface area contributed by atoms with Gasteiger partial charge in [0.1, 0.15) is 0 Å². The van der Waals surface area contributed by atoms with Gasteiger partial charge in [-0.3, -0.25) is 0 Å². The SMILES string of the molecule is CCOc1ccnc(NCCCN(CC)S(C)(=O)=O)n1. The van der Waals surface area contributed by atoms with Crippen molar-refractivity contribution in [2.24, 2.45) is 0 Å². The van der Waals surface area contributed by atoms with Crippen molar-refractivity contribution in [1.29, 1.82) is 0 Å². The van der Waals surface area contributed by atoms with Gasteiger partial charge in [0.15, 0.2) is 0 Å². The van der Waals surface area contributed by atoms with Gasteiger partial charge < -0.3 is 10.1 Å². The van der Waals surface area contributed by atoms with E-state index in [1.54, 1.807) is 12.3 Å². The Morgan fingerprint density at radius 3 is 2.75 bits per heavy atom. The molecular formula is C12H22N4O3S. The molecule has 114 valence electrons. The zero-order chi connectivity index (χ0) is 15.0. The minimum absolute atomic E-state index is 0.480. The lowest BCUT2D eigenvalue weighted by molar-refractivity contribution is 0.326. The Morgan fingerprint density at radius 2 is 2.15 bits per heavy atom. The molecule has 7 nitrogen and oxygen atoms in total. The van der Waals surface area contributed by atoms with Crippen molar-refractivity contribution in [2.75, 3.05) is 37.8 Å². The standard InChI is InChI=1S/C12H22N4O3S/c1-4-16(20(3,17)18)10-6-8-13-12-14-9-7-11(15-12)19-5-2/h7,9H,4-6,8,10H2,1-3H3,(H,13,14,15). The normalized spacial score (nSPS) is 11.6. The fourth-order valence-corrected chi connectivity index (χ4v) is 2.60. The van der Waals surface area contributed by atoms with Gasteiger partial charge in [-0.2, -0.15) is 4.98 Å². The molecule has 1 aromatic rings. The summed E-state index contributed by atoms with van der Waals surface area (Å²) in [6, 6.07) is 1.69. The Kier molecular flexibility index (Phi) is 6.66. The highest BCUT2D eigenvalue weighted by Crippen LogP contribution is 2.08. The Morgan fingerprint density at radius 1 is 1.40 bits per heavy atom. The summed E-state index contributed by atoms with van der Waals surface area (Å²) in [6.45, 7) is 5.82. The number of hydrogen-bond acceptors (Lipinski definition) is 6. The Balaban J connectivity index is 2.39. The average molecular weight is 302 g/mol. The van der Waals surface area contributed by atoms with Crippen molar-refractivity contribution >= 4 is 16.0 Å². The Bertz CT molecular complexity index is 507. The predicted molar refractivity (Wildman–Crippen MR) is 78.4 cm³/mol. The molecule has 0 aliphatic rings. The molecule has 0 amide bonds. The number of nitrogens with zero attached hydrogens (tertiary/aromatic N) is 3. The molecule has 0 aromatic carbocycles. The third-order valence-electron chi connectivity index (χ3n) is 2.61. The van der Waals surface area contributed by atoms with Crippen LogP contribution in [0, 0.1) is 0 Å². The van der Waals surface area contributed by atoms with Gasteiger partial charge in [-0.1, -0.05) is 6.92 Å². The van der Waals surface area contributed by atoms with Crippen LogP contribution >= 0.6 is 0 Å². The summed E-state index contributed by atoms with van der Waals surface area (Å²) >= 11 is 0. The van der Waals surface area contributed by atoms with Crippen molar-refractivity contribution in [3.8, 4) is 5.88 Å². The van der Waals surface area contributed by atoms with Crippen LogP contribution in [0.3, 0.4) is 0 Å². The van der Waals surface area contributed by atoms with E-state index < -0.39 is 10.0 Å². The van der Waals surface area contributed by atoms with Crippen LogP contribution in [-0.4, -0.2) is 55.2 Å². The van der Waals surface area contributed by atoms with Crippen LogP contribution < -0.4 is 10.1 Å². The lowest BCUT2D eigenvalue weighted by Gasteiger charge is -2.17. The minimum Gasteiger partial charge on any atom is -0.478 e. The quantitative estimate of drug-likeness (QED) is 0.684. The first-order valence-corrected chi connectivity index (χ1v) is 8.47. The van der Waals surface area contributed by atoms with Gasteiger partial charge in [0, 0.05) is 31.9 Å². The zero-order valence-electron chi connectivity index (χ0n) is 12.2. The van der Waals surface area contributed by atoms with E-state index in [4.69, 9.17) is 4.74 Å². The maximum atomic E-state index is 11.4. The van der Waals surface area contributed by atoms with Crippen molar-refractivity contribution in [3.63, 3.8) is 0 Å². The smallest absolute Gasteiger partial charge is 0.225 e. The second-order valence-electron chi connectivity index (χ2n) is 4.19. The van der Waals surface area contributed by atoms with Crippen LogP contribution in [-0.2, 0) is 10.0 Å². The fraction of sp³-hybridized carbons (Fsp3) is 0.667. The molecule has 0 spiro atoms. The number of aromatic nitrogens is 2. The lowest BCUT2D eigenvalue weighted by atomic mass is 10.4. The molecule has 1 N–H and O–H groups in total. The molecule has 0 aliphatic heterocycles. The number of rotatable bonds is 9. The molecule has 1 heterocycles. The van der Waals surface area contributed by atoms with Crippen LogP contribution in [0.1, 0.15) is 20.3 Å². The molecule has 0 radical (unpaired) electrons. The molecule has 1 aromatic heterocycles. The van der Waals surface area contributed by atoms with E-state index in [0.717, 1.165) is 0 Å². The Labute approximate surface area is 120 Å². The molecule has 20 heavy (non-hydrogen) atoms. The summed E-state index contributed by atoms with van der Waals surface area (Å²) in [4.78, 5) is 8.24. The van der Waals surface area contributed by atoms with E-state index in [9.17, 15) is 8.42 Å². The zero-order valence-corrected chi connectivity index (χ0v) is 13.0. The number of sulfonamides is 1. The number of hydrogen-bond donors (Lipinski definition) is 1. The van der Waals surface area contributed by atoms with Crippen LogP contribution in [0.4, 0.5) is 5.95 Å². The highest BCUT2D eigenvalue weighted by molar-refractivity contribution is 7.88. The molecule has 0 aliphatic carbocycles. The van der Waals surface area contributed by atoms with Gasteiger partial charge in [-0.15, -0.1) is 0 Å². The summed E-state index contributed by atoms with van der Waals surface area (Å²) in [5.74, 6) is 1.01. The monoisotopic (exact) mass is 302 g/mol. The first-order valence-electron chi connectivity index (χ1n) is 6.62. The maximum absolute atomic E-state index is 11.4. The van der Waals surface area contributed by atoms with Crippen molar-refractivity contribution < 1.29 is 13.2 Å². The van der Waals surface area contributed by atoms with Gasteiger partial charge in [0.05, 0.1) is 12.9 Å². The molecule has 1 rings (SSSR count). The molecule has 0 saturated carbocycles. The molecule has 0 fully saturated rings. The van der Waals surface area contributed by atoms with Gasteiger partial charge in [0.25, 0.3) is 0 Å². The van der Waals surface area contributed by atoms with Crippen molar-refractivity contribution in [3.05, 3.63) is 12.3 Å². The van der Waals surface area contributed by atoms with E-state index >= 15 is 0 Å². The van der Waals surface area contributed by atoms with E-state index in [-0.39, 0.29) is 0 Å². The van der Waals surface area contributed by atoms with Crippen molar-refractivity contribution in [2.45, 2.75) is 20.3 Å². The summed E-state index contributed by atoms with van der Waals surface area (Å²) in [5.41, 5.74) is 0. The molecule has 0 bridgehead atoms. The second-order valence-corrected chi connectivity index (χ2v) is 6.17. The largest absolute Gasteiger partial charge is 0.478 e. The highest BCUT2D eigenvalue weighted by Gasteiger charge is 2.13. The van der Waals surface area contributed by atoms with Crippen LogP contribution in [0.25, 0.3) is 0 Å². The first-order chi connectivity index (χ1) is 9.47. The van der Waals surface area contributed by atoms with E-state index in [1.165, 1.54) is 10.6 Å². The van der Waals surface area contributed by atoms with E-state index in [2.05, 4.69) is 15.3 Å². The minimum atomic E-state index is -3.12.